The Bertz CT molecular complexity index is 942. The molecule has 0 radical (unpaired) electrons. The highest BCUT2D eigenvalue weighted by Gasteiger charge is 2.20. The molecule has 140 valence electrons. The van der Waals surface area contributed by atoms with Gasteiger partial charge in [0.15, 0.2) is 11.0 Å². The number of carbonyl (C=O) groups excluding carboxylic acids is 1. The van der Waals surface area contributed by atoms with Gasteiger partial charge >= 0.3 is 0 Å². The SMILES string of the molecule is CCn1c(SC(C)C(=O)Nc2ccc(C)c(F)c2)nnc1-c1ccccc1. The predicted molar refractivity (Wildman–Crippen MR) is 106 cm³/mol. The first-order chi connectivity index (χ1) is 13.0. The van der Waals surface area contributed by atoms with Crippen molar-refractivity contribution in [1.82, 2.24) is 14.8 Å². The Morgan fingerprint density at radius 1 is 1.22 bits per heavy atom. The van der Waals surface area contributed by atoms with Crippen LogP contribution in [0.25, 0.3) is 11.4 Å². The Labute approximate surface area is 162 Å². The highest BCUT2D eigenvalue weighted by atomic mass is 32.2. The van der Waals surface area contributed by atoms with E-state index in [1.54, 1.807) is 26.0 Å². The Balaban J connectivity index is 1.73. The summed E-state index contributed by atoms with van der Waals surface area (Å²) in [7, 11) is 0. The van der Waals surface area contributed by atoms with E-state index in [1.165, 1.54) is 17.8 Å². The van der Waals surface area contributed by atoms with Crippen LogP contribution < -0.4 is 5.32 Å². The lowest BCUT2D eigenvalue weighted by Crippen LogP contribution is -2.23. The molecule has 0 aliphatic heterocycles. The van der Waals surface area contributed by atoms with Crippen molar-refractivity contribution in [2.45, 2.75) is 37.7 Å². The molecule has 1 atom stereocenters. The van der Waals surface area contributed by atoms with Crippen molar-refractivity contribution in [3.63, 3.8) is 0 Å². The second-order valence-electron chi connectivity index (χ2n) is 6.13. The van der Waals surface area contributed by atoms with E-state index in [0.29, 0.717) is 23.0 Å². The minimum Gasteiger partial charge on any atom is -0.325 e. The summed E-state index contributed by atoms with van der Waals surface area (Å²) in [5.74, 6) is 0.218. The quantitative estimate of drug-likeness (QED) is 0.634. The number of aromatic nitrogens is 3. The lowest BCUT2D eigenvalue weighted by Gasteiger charge is -2.13. The van der Waals surface area contributed by atoms with E-state index >= 15 is 0 Å². The normalized spacial score (nSPS) is 12.0. The van der Waals surface area contributed by atoms with Crippen LogP contribution in [0.3, 0.4) is 0 Å². The molecule has 7 heteroatoms. The van der Waals surface area contributed by atoms with Gasteiger partial charge in [-0.05, 0) is 38.5 Å². The molecular formula is C20H21FN4OS. The third kappa shape index (κ3) is 4.36. The van der Waals surface area contributed by atoms with E-state index < -0.39 is 5.25 Å². The van der Waals surface area contributed by atoms with Crippen LogP contribution in [0.5, 0.6) is 0 Å². The van der Waals surface area contributed by atoms with Crippen molar-refractivity contribution in [3.05, 3.63) is 59.9 Å². The molecule has 1 aromatic heterocycles. The fourth-order valence-corrected chi connectivity index (χ4v) is 3.50. The number of hydrogen-bond acceptors (Lipinski definition) is 4. The Kier molecular flexibility index (Phi) is 5.91. The van der Waals surface area contributed by atoms with E-state index in [2.05, 4.69) is 15.5 Å². The van der Waals surface area contributed by atoms with Gasteiger partial charge in [0.25, 0.3) is 0 Å². The standard InChI is InChI=1S/C20H21FN4OS/c1-4-25-18(15-8-6-5-7-9-15)23-24-20(25)27-14(3)19(26)22-16-11-10-13(2)17(21)12-16/h5-12,14H,4H2,1-3H3,(H,22,26). The van der Waals surface area contributed by atoms with Crippen molar-refractivity contribution in [1.29, 1.82) is 0 Å². The molecule has 0 saturated heterocycles. The lowest BCUT2D eigenvalue weighted by atomic mass is 10.2. The summed E-state index contributed by atoms with van der Waals surface area (Å²) in [5, 5.41) is 11.6. The number of rotatable bonds is 6. The number of nitrogens with zero attached hydrogens (tertiary/aromatic N) is 3. The zero-order valence-electron chi connectivity index (χ0n) is 15.4. The fraction of sp³-hybridized carbons (Fsp3) is 0.250. The summed E-state index contributed by atoms with van der Waals surface area (Å²) in [6.45, 7) is 6.18. The molecule has 1 heterocycles. The van der Waals surface area contributed by atoms with Crippen molar-refractivity contribution in [2.24, 2.45) is 0 Å². The van der Waals surface area contributed by atoms with Gasteiger partial charge in [-0.1, -0.05) is 48.2 Å². The van der Waals surface area contributed by atoms with Crippen LogP contribution >= 0.6 is 11.8 Å². The molecular weight excluding hydrogens is 363 g/mol. The molecule has 0 saturated carbocycles. The number of anilines is 1. The number of aryl methyl sites for hydroxylation is 1. The molecule has 1 unspecified atom stereocenters. The number of nitrogens with one attached hydrogen (secondary N) is 1. The minimum absolute atomic E-state index is 0.213. The number of halogens is 1. The van der Waals surface area contributed by atoms with E-state index in [9.17, 15) is 9.18 Å². The topological polar surface area (TPSA) is 59.8 Å². The summed E-state index contributed by atoms with van der Waals surface area (Å²) < 4.78 is 15.6. The monoisotopic (exact) mass is 384 g/mol. The maximum absolute atomic E-state index is 13.7. The largest absolute Gasteiger partial charge is 0.325 e. The van der Waals surface area contributed by atoms with E-state index in [4.69, 9.17) is 0 Å². The second kappa shape index (κ2) is 8.35. The summed E-state index contributed by atoms with van der Waals surface area (Å²) in [6, 6.07) is 14.5. The van der Waals surface area contributed by atoms with Gasteiger partial charge in [0.2, 0.25) is 5.91 Å². The molecule has 0 aliphatic rings. The Hall–Kier alpha value is -2.67. The molecule has 0 aliphatic carbocycles. The fourth-order valence-electron chi connectivity index (χ4n) is 2.59. The number of thioether (sulfide) groups is 1. The van der Waals surface area contributed by atoms with Gasteiger partial charge in [0, 0.05) is 17.8 Å². The smallest absolute Gasteiger partial charge is 0.237 e. The molecule has 5 nitrogen and oxygen atoms in total. The van der Waals surface area contributed by atoms with Crippen LogP contribution in [0.15, 0.2) is 53.7 Å². The second-order valence-corrected chi connectivity index (χ2v) is 7.44. The highest BCUT2D eigenvalue weighted by molar-refractivity contribution is 8.00. The molecule has 3 aromatic rings. The van der Waals surface area contributed by atoms with Gasteiger partial charge < -0.3 is 9.88 Å². The van der Waals surface area contributed by atoms with Crippen LogP contribution in [0, 0.1) is 12.7 Å². The molecule has 1 amide bonds. The zero-order valence-corrected chi connectivity index (χ0v) is 16.3. The summed E-state index contributed by atoms with van der Waals surface area (Å²) in [4.78, 5) is 12.5. The maximum atomic E-state index is 13.7. The van der Waals surface area contributed by atoms with Gasteiger partial charge in [-0.15, -0.1) is 10.2 Å². The number of amides is 1. The third-order valence-corrected chi connectivity index (χ3v) is 5.24. The maximum Gasteiger partial charge on any atom is 0.237 e. The van der Waals surface area contributed by atoms with Crippen LogP contribution in [0.2, 0.25) is 0 Å². The Morgan fingerprint density at radius 2 is 1.96 bits per heavy atom. The third-order valence-electron chi connectivity index (χ3n) is 4.16. The molecule has 0 spiro atoms. The zero-order chi connectivity index (χ0) is 19.4. The minimum atomic E-state index is -0.410. The van der Waals surface area contributed by atoms with Crippen molar-refractivity contribution in [3.8, 4) is 11.4 Å². The molecule has 0 fully saturated rings. The van der Waals surface area contributed by atoms with Crippen LogP contribution in [0.4, 0.5) is 10.1 Å². The Morgan fingerprint density at radius 3 is 2.63 bits per heavy atom. The first kappa shape index (κ1) is 19.1. The number of hydrogen-bond donors (Lipinski definition) is 1. The van der Waals surface area contributed by atoms with Gasteiger partial charge in [0.1, 0.15) is 5.82 Å². The van der Waals surface area contributed by atoms with Crippen LogP contribution in [0.1, 0.15) is 19.4 Å². The van der Waals surface area contributed by atoms with Crippen molar-refractivity contribution < 1.29 is 9.18 Å². The van der Waals surface area contributed by atoms with Crippen LogP contribution in [-0.2, 0) is 11.3 Å². The van der Waals surface area contributed by atoms with E-state index in [0.717, 1.165) is 11.4 Å². The number of carbonyl (C=O) groups is 1. The molecule has 3 rings (SSSR count). The van der Waals surface area contributed by atoms with Gasteiger partial charge in [-0.2, -0.15) is 0 Å². The van der Waals surface area contributed by atoms with Crippen molar-refractivity contribution in [2.75, 3.05) is 5.32 Å². The lowest BCUT2D eigenvalue weighted by molar-refractivity contribution is -0.115. The average molecular weight is 384 g/mol. The number of benzene rings is 2. The molecule has 1 N–H and O–H groups in total. The van der Waals surface area contributed by atoms with Crippen LogP contribution in [-0.4, -0.2) is 25.9 Å². The first-order valence-corrected chi connectivity index (χ1v) is 9.60. The summed E-state index contributed by atoms with van der Waals surface area (Å²) in [5.41, 5.74) is 1.96. The summed E-state index contributed by atoms with van der Waals surface area (Å²) in [6.07, 6.45) is 0. The summed E-state index contributed by atoms with van der Waals surface area (Å²) >= 11 is 1.33. The predicted octanol–water partition coefficient (Wildman–Crippen LogP) is 4.53. The van der Waals surface area contributed by atoms with E-state index in [1.807, 2.05) is 41.8 Å². The highest BCUT2D eigenvalue weighted by Crippen LogP contribution is 2.27. The van der Waals surface area contributed by atoms with Gasteiger partial charge in [0.05, 0.1) is 5.25 Å². The molecule has 2 aromatic carbocycles. The molecule has 27 heavy (non-hydrogen) atoms. The van der Waals surface area contributed by atoms with Crippen molar-refractivity contribution >= 4 is 23.4 Å². The van der Waals surface area contributed by atoms with Gasteiger partial charge in [-0.25, -0.2) is 4.39 Å². The average Bonchev–Trinajstić information content (AvgIpc) is 3.08. The van der Waals surface area contributed by atoms with Gasteiger partial charge in [-0.3, -0.25) is 4.79 Å². The molecule has 0 bridgehead atoms. The van der Waals surface area contributed by atoms with E-state index in [-0.39, 0.29) is 11.7 Å². The first-order valence-electron chi connectivity index (χ1n) is 8.72.